The van der Waals surface area contributed by atoms with Crippen molar-refractivity contribution in [3.63, 3.8) is 0 Å². The zero-order valence-electron chi connectivity index (χ0n) is 17.1. The second kappa shape index (κ2) is 8.55. The molecule has 0 saturated carbocycles. The van der Waals surface area contributed by atoms with Gasteiger partial charge in [0.2, 0.25) is 15.9 Å². The maximum Gasteiger partial charge on any atom is 0.255 e. The van der Waals surface area contributed by atoms with E-state index < -0.39 is 21.8 Å². The Balaban J connectivity index is 1.82. The average Bonchev–Trinajstić information content (AvgIpc) is 2.67. The van der Waals surface area contributed by atoms with E-state index in [1.807, 2.05) is 13.8 Å². The number of anilines is 1. The van der Waals surface area contributed by atoms with Crippen LogP contribution in [0.25, 0.3) is 0 Å². The molecule has 160 valence electrons. The molecule has 2 atom stereocenters. The summed E-state index contributed by atoms with van der Waals surface area (Å²) < 4.78 is 33.1. The molecule has 2 unspecified atom stereocenters. The Bertz CT molecular complexity index is 1070. The number of aryl methyl sites for hydroxylation is 1. The molecule has 0 radical (unpaired) electrons. The smallest absolute Gasteiger partial charge is 0.255 e. The van der Waals surface area contributed by atoms with Crippen molar-refractivity contribution in [3.05, 3.63) is 59.2 Å². The number of carbonyl (C=O) groups is 2. The van der Waals surface area contributed by atoms with Crippen molar-refractivity contribution in [1.29, 1.82) is 0 Å². The topological polar surface area (TPSA) is 119 Å². The van der Waals surface area contributed by atoms with E-state index in [4.69, 9.17) is 10.5 Å². The van der Waals surface area contributed by atoms with Gasteiger partial charge in [-0.05, 0) is 62.7 Å². The van der Waals surface area contributed by atoms with E-state index in [1.54, 1.807) is 25.1 Å². The van der Waals surface area contributed by atoms with Crippen molar-refractivity contribution >= 4 is 27.5 Å². The summed E-state index contributed by atoms with van der Waals surface area (Å²) in [6.07, 6.45) is -0.414. The molecule has 0 aliphatic carbocycles. The quantitative estimate of drug-likeness (QED) is 0.752. The van der Waals surface area contributed by atoms with Crippen LogP contribution in [0.2, 0.25) is 0 Å². The van der Waals surface area contributed by atoms with Gasteiger partial charge in [-0.15, -0.1) is 0 Å². The van der Waals surface area contributed by atoms with Crippen LogP contribution in [0.5, 0.6) is 0 Å². The Morgan fingerprint density at radius 1 is 1.10 bits per heavy atom. The molecule has 1 fully saturated rings. The maximum atomic E-state index is 13.1. The number of rotatable bonds is 5. The second-order valence-electron chi connectivity index (χ2n) is 7.46. The monoisotopic (exact) mass is 431 g/mol. The molecule has 8 nitrogen and oxygen atoms in total. The molecule has 2 aromatic carbocycles. The number of nitrogens with zero attached hydrogens (tertiary/aromatic N) is 1. The first kappa shape index (κ1) is 21.9. The summed E-state index contributed by atoms with van der Waals surface area (Å²) in [5, 5.41) is 2.72. The highest BCUT2D eigenvalue weighted by Crippen LogP contribution is 2.23. The molecule has 0 aromatic heterocycles. The molecule has 0 spiro atoms. The zero-order valence-corrected chi connectivity index (χ0v) is 17.9. The number of primary amides is 1. The van der Waals surface area contributed by atoms with Gasteiger partial charge in [0, 0.05) is 29.9 Å². The van der Waals surface area contributed by atoms with Gasteiger partial charge in [-0.1, -0.05) is 6.07 Å². The first-order valence-corrected chi connectivity index (χ1v) is 11.0. The summed E-state index contributed by atoms with van der Waals surface area (Å²) in [7, 11) is -3.76. The van der Waals surface area contributed by atoms with Crippen molar-refractivity contribution < 1.29 is 22.7 Å². The van der Waals surface area contributed by atoms with Gasteiger partial charge in [0.05, 0.1) is 17.1 Å². The van der Waals surface area contributed by atoms with Gasteiger partial charge in [0.25, 0.3) is 5.91 Å². The van der Waals surface area contributed by atoms with E-state index in [2.05, 4.69) is 5.32 Å². The first-order chi connectivity index (χ1) is 14.1. The molecule has 3 rings (SSSR count). The lowest BCUT2D eigenvalue weighted by atomic mass is 10.1. The van der Waals surface area contributed by atoms with Crippen LogP contribution in [-0.2, 0) is 14.8 Å². The van der Waals surface area contributed by atoms with Crippen LogP contribution in [0.4, 0.5) is 5.69 Å². The van der Waals surface area contributed by atoms with E-state index in [1.165, 1.54) is 28.6 Å². The summed E-state index contributed by atoms with van der Waals surface area (Å²) in [4.78, 5) is 24.1. The van der Waals surface area contributed by atoms with Gasteiger partial charge in [0.15, 0.2) is 0 Å². The lowest BCUT2D eigenvalue weighted by molar-refractivity contribution is -0.0440. The normalized spacial score (nSPS) is 20.0. The van der Waals surface area contributed by atoms with Crippen molar-refractivity contribution in [1.82, 2.24) is 4.31 Å². The van der Waals surface area contributed by atoms with E-state index in [0.29, 0.717) is 16.8 Å². The minimum Gasteiger partial charge on any atom is -0.373 e. The lowest BCUT2D eigenvalue weighted by Gasteiger charge is -2.34. The molecule has 1 heterocycles. The number of benzene rings is 2. The SMILES string of the molecule is Cc1cc(NC(=O)c2cccc(S(=O)(=O)N3CC(C)OC(C)C3)c2)ccc1C(N)=O. The zero-order chi connectivity index (χ0) is 22.1. The molecule has 0 bridgehead atoms. The number of hydrogen-bond acceptors (Lipinski definition) is 5. The summed E-state index contributed by atoms with van der Waals surface area (Å²) in [5.74, 6) is -1.00. The fourth-order valence-corrected chi connectivity index (χ4v) is 5.13. The average molecular weight is 432 g/mol. The maximum absolute atomic E-state index is 13.1. The molecule has 9 heteroatoms. The third kappa shape index (κ3) is 4.69. The van der Waals surface area contributed by atoms with Crippen molar-refractivity contribution in [2.24, 2.45) is 5.73 Å². The first-order valence-electron chi connectivity index (χ1n) is 9.55. The number of ether oxygens (including phenoxy) is 1. The van der Waals surface area contributed by atoms with Crippen LogP contribution in [0.15, 0.2) is 47.4 Å². The van der Waals surface area contributed by atoms with Gasteiger partial charge in [-0.25, -0.2) is 8.42 Å². The van der Waals surface area contributed by atoms with Crippen LogP contribution in [0.3, 0.4) is 0 Å². The molecule has 1 saturated heterocycles. The highest BCUT2D eigenvalue weighted by atomic mass is 32.2. The van der Waals surface area contributed by atoms with Crippen LogP contribution in [-0.4, -0.2) is 49.8 Å². The molecular formula is C21H25N3O5S. The fraction of sp³-hybridized carbons (Fsp3) is 0.333. The third-order valence-corrected chi connectivity index (χ3v) is 6.70. The summed E-state index contributed by atoms with van der Waals surface area (Å²) in [5.41, 5.74) is 6.99. The Hall–Kier alpha value is -2.75. The number of amides is 2. The summed E-state index contributed by atoms with van der Waals surface area (Å²) in [6.45, 7) is 5.89. The number of hydrogen-bond donors (Lipinski definition) is 2. The number of nitrogens with two attached hydrogens (primary N) is 1. The van der Waals surface area contributed by atoms with Crippen molar-refractivity contribution in [2.45, 2.75) is 37.9 Å². The number of sulfonamides is 1. The number of morpholine rings is 1. The van der Waals surface area contributed by atoms with E-state index in [9.17, 15) is 18.0 Å². The largest absolute Gasteiger partial charge is 0.373 e. The van der Waals surface area contributed by atoms with Crippen molar-refractivity contribution in [2.75, 3.05) is 18.4 Å². The molecular weight excluding hydrogens is 406 g/mol. The fourth-order valence-electron chi connectivity index (χ4n) is 3.49. The Kier molecular flexibility index (Phi) is 6.25. The Labute approximate surface area is 176 Å². The van der Waals surface area contributed by atoms with Crippen LogP contribution in [0, 0.1) is 6.92 Å². The van der Waals surface area contributed by atoms with Crippen LogP contribution >= 0.6 is 0 Å². The Morgan fingerprint density at radius 2 is 1.77 bits per heavy atom. The summed E-state index contributed by atoms with van der Waals surface area (Å²) in [6, 6.07) is 10.7. The van der Waals surface area contributed by atoms with E-state index in [-0.39, 0.29) is 35.8 Å². The molecule has 2 aromatic rings. The third-order valence-electron chi connectivity index (χ3n) is 4.87. The molecule has 1 aliphatic rings. The molecule has 30 heavy (non-hydrogen) atoms. The number of nitrogens with one attached hydrogen (secondary N) is 1. The minimum atomic E-state index is -3.76. The van der Waals surface area contributed by atoms with Gasteiger partial charge >= 0.3 is 0 Å². The van der Waals surface area contributed by atoms with Crippen molar-refractivity contribution in [3.8, 4) is 0 Å². The predicted molar refractivity (Wildman–Crippen MR) is 113 cm³/mol. The standard InChI is InChI=1S/C21H25N3O5S/c1-13-9-17(7-8-19(13)20(22)25)23-21(26)16-5-4-6-18(10-16)30(27,28)24-11-14(2)29-15(3)12-24/h4-10,14-15H,11-12H2,1-3H3,(H2,22,25)(H,23,26). The summed E-state index contributed by atoms with van der Waals surface area (Å²) >= 11 is 0. The molecule has 3 N–H and O–H groups in total. The minimum absolute atomic E-state index is 0.0525. The van der Waals surface area contributed by atoms with E-state index in [0.717, 1.165) is 0 Å². The van der Waals surface area contributed by atoms with Gasteiger partial charge in [-0.3, -0.25) is 9.59 Å². The predicted octanol–water partition coefficient (Wildman–Crippen LogP) is 2.14. The van der Waals surface area contributed by atoms with Gasteiger partial charge in [0.1, 0.15) is 0 Å². The Morgan fingerprint density at radius 3 is 2.37 bits per heavy atom. The van der Waals surface area contributed by atoms with E-state index >= 15 is 0 Å². The number of carbonyl (C=O) groups excluding carboxylic acids is 2. The second-order valence-corrected chi connectivity index (χ2v) is 9.39. The van der Waals surface area contributed by atoms with Crippen LogP contribution < -0.4 is 11.1 Å². The highest BCUT2D eigenvalue weighted by molar-refractivity contribution is 7.89. The van der Waals surface area contributed by atoms with Gasteiger partial charge < -0.3 is 15.8 Å². The molecule has 1 aliphatic heterocycles. The lowest BCUT2D eigenvalue weighted by Crippen LogP contribution is -2.48. The molecule has 2 amide bonds. The highest BCUT2D eigenvalue weighted by Gasteiger charge is 2.32. The van der Waals surface area contributed by atoms with Gasteiger partial charge in [-0.2, -0.15) is 4.31 Å². The van der Waals surface area contributed by atoms with Crippen LogP contribution in [0.1, 0.15) is 40.1 Å².